The fourth-order valence-electron chi connectivity index (χ4n) is 3.59. The second-order valence-electron chi connectivity index (χ2n) is 6.24. The molecule has 21 heavy (non-hydrogen) atoms. The van der Waals surface area contributed by atoms with Crippen LogP contribution in [0.25, 0.3) is 0 Å². The number of methoxy groups -OCH3 is 1. The molecule has 0 spiro atoms. The first-order valence-corrected chi connectivity index (χ1v) is 8.25. The van der Waals surface area contributed by atoms with E-state index in [1.807, 2.05) is 0 Å². The fraction of sp³-hybridized carbons (Fsp3) is 0.875. The van der Waals surface area contributed by atoms with Crippen LogP contribution in [-0.2, 0) is 14.3 Å². The van der Waals surface area contributed by atoms with Crippen molar-refractivity contribution in [2.45, 2.75) is 51.5 Å². The summed E-state index contributed by atoms with van der Waals surface area (Å²) < 4.78 is 4.83. The predicted molar refractivity (Wildman–Crippen MR) is 80.8 cm³/mol. The van der Waals surface area contributed by atoms with Gasteiger partial charge in [0.05, 0.1) is 19.6 Å². The van der Waals surface area contributed by atoms with Crippen molar-refractivity contribution in [2.24, 2.45) is 5.92 Å². The first-order valence-electron chi connectivity index (χ1n) is 8.25. The quantitative estimate of drug-likeness (QED) is 0.740. The molecule has 0 aromatic rings. The van der Waals surface area contributed by atoms with E-state index < -0.39 is 0 Å². The lowest BCUT2D eigenvalue weighted by atomic mass is 9.97. The molecule has 0 N–H and O–H groups in total. The number of piperidine rings is 2. The summed E-state index contributed by atoms with van der Waals surface area (Å²) in [6.45, 7) is 5.06. The maximum absolute atomic E-state index is 12.5. The summed E-state index contributed by atoms with van der Waals surface area (Å²) >= 11 is 0. The number of amides is 1. The summed E-state index contributed by atoms with van der Waals surface area (Å²) in [5.74, 6) is 0.0171. The Balaban J connectivity index is 1.88. The lowest BCUT2D eigenvalue weighted by Crippen LogP contribution is -2.50. The molecule has 0 aromatic carbocycles. The molecule has 1 unspecified atom stereocenters. The number of hydrogen-bond acceptors (Lipinski definition) is 4. The van der Waals surface area contributed by atoms with Gasteiger partial charge >= 0.3 is 5.97 Å². The Morgan fingerprint density at radius 1 is 1.14 bits per heavy atom. The minimum absolute atomic E-state index is 0.0696. The van der Waals surface area contributed by atoms with Crippen LogP contribution in [0.4, 0.5) is 0 Å². The van der Waals surface area contributed by atoms with Crippen molar-refractivity contribution in [3.63, 3.8) is 0 Å². The van der Waals surface area contributed by atoms with Gasteiger partial charge in [-0.25, -0.2) is 0 Å². The second-order valence-corrected chi connectivity index (χ2v) is 6.24. The third kappa shape index (κ3) is 4.19. The summed E-state index contributed by atoms with van der Waals surface area (Å²) in [7, 11) is 1.44. The van der Waals surface area contributed by atoms with Gasteiger partial charge in [-0.1, -0.05) is 6.92 Å². The zero-order valence-corrected chi connectivity index (χ0v) is 13.3. The van der Waals surface area contributed by atoms with Crippen LogP contribution in [-0.4, -0.2) is 61.0 Å². The molecule has 0 aromatic heterocycles. The van der Waals surface area contributed by atoms with Gasteiger partial charge in [0.1, 0.15) is 0 Å². The van der Waals surface area contributed by atoms with Crippen LogP contribution in [0.5, 0.6) is 0 Å². The predicted octanol–water partition coefficient (Wildman–Crippen LogP) is 1.66. The lowest BCUT2D eigenvalue weighted by Gasteiger charge is -2.38. The van der Waals surface area contributed by atoms with Gasteiger partial charge in [0.15, 0.2) is 0 Å². The molecule has 2 fully saturated rings. The van der Waals surface area contributed by atoms with Crippen LogP contribution in [0.3, 0.4) is 0 Å². The van der Waals surface area contributed by atoms with Gasteiger partial charge in [-0.15, -0.1) is 0 Å². The minimum Gasteiger partial charge on any atom is -0.469 e. The number of hydrogen-bond donors (Lipinski definition) is 0. The van der Waals surface area contributed by atoms with Crippen molar-refractivity contribution >= 4 is 11.9 Å². The van der Waals surface area contributed by atoms with Crippen LogP contribution >= 0.6 is 0 Å². The van der Waals surface area contributed by atoms with Crippen LogP contribution in [0, 0.1) is 5.92 Å². The average molecular weight is 296 g/mol. The Hall–Kier alpha value is -1.10. The van der Waals surface area contributed by atoms with Gasteiger partial charge in [-0.2, -0.15) is 0 Å². The van der Waals surface area contributed by atoms with E-state index in [4.69, 9.17) is 4.74 Å². The number of carbonyl (C=O) groups excluding carboxylic acids is 2. The molecule has 0 radical (unpaired) electrons. The molecule has 5 heteroatoms. The van der Waals surface area contributed by atoms with E-state index in [1.165, 1.54) is 13.5 Å². The highest BCUT2D eigenvalue weighted by Gasteiger charge is 2.30. The summed E-state index contributed by atoms with van der Waals surface area (Å²) in [6.07, 6.45) is 6.36. The molecule has 2 rings (SSSR count). The number of rotatable bonds is 4. The second kappa shape index (κ2) is 7.78. The molecule has 0 bridgehead atoms. The highest BCUT2D eigenvalue weighted by atomic mass is 16.5. The van der Waals surface area contributed by atoms with E-state index >= 15 is 0 Å². The molecule has 2 atom stereocenters. The number of ether oxygens (including phenoxy) is 1. The summed E-state index contributed by atoms with van der Waals surface area (Å²) in [5.41, 5.74) is 0. The van der Waals surface area contributed by atoms with E-state index in [0.717, 1.165) is 45.2 Å². The topological polar surface area (TPSA) is 49.9 Å². The smallest absolute Gasteiger partial charge is 0.309 e. The highest BCUT2D eigenvalue weighted by Crippen LogP contribution is 2.21. The standard InChI is InChI=1S/C16H28N2O3/c1-3-14-8-4-5-10-18(14)15(19)12-17-9-6-7-13(11-17)16(20)21-2/h13-14H,3-12H2,1-2H3/t13-,14?/m0/s1. The number of likely N-dealkylation sites (tertiary alicyclic amines) is 2. The van der Waals surface area contributed by atoms with Crippen LogP contribution in [0.2, 0.25) is 0 Å². The SMILES string of the molecule is CCC1CCCCN1C(=O)CN1CCC[C@H](C(=O)OC)C1. The Morgan fingerprint density at radius 2 is 1.95 bits per heavy atom. The van der Waals surface area contributed by atoms with Gasteiger partial charge in [0.2, 0.25) is 5.91 Å². The van der Waals surface area contributed by atoms with Crippen molar-refractivity contribution in [2.75, 3.05) is 33.3 Å². The molecular weight excluding hydrogens is 268 g/mol. The van der Waals surface area contributed by atoms with Gasteiger partial charge < -0.3 is 9.64 Å². The van der Waals surface area contributed by atoms with Crippen molar-refractivity contribution in [3.05, 3.63) is 0 Å². The molecule has 2 saturated heterocycles. The van der Waals surface area contributed by atoms with Crippen LogP contribution in [0.15, 0.2) is 0 Å². The highest BCUT2D eigenvalue weighted by molar-refractivity contribution is 5.79. The number of nitrogens with zero attached hydrogens (tertiary/aromatic N) is 2. The number of esters is 1. The van der Waals surface area contributed by atoms with Gasteiger partial charge in [0.25, 0.3) is 0 Å². The molecule has 2 aliphatic heterocycles. The Bertz CT molecular complexity index is 373. The van der Waals surface area contributed by atoms with Gasteiger partial charge in [-0.3, -0.25) is 14.5 Å². The average Bonchev–Trinajstić information content (AvgIpc) is 2.54. The Kier molecular flexibility index (Phi) is 6.03. The first-order chi connectivity index (χ1) is 10.2. The lowest BCUT2D eigenvalue weighted by molar-refractivity contribution is -0.148. The molecule has 120 valence electrons. The van der Waals surface area contributed by atoms with Crippen molar-refractivity contribution < 1.29 is 14.3 Å². The molecule has 5 nitrogen and oxygen atoms in total. The minimum atomic E-state index is -0.142. The van der Waals surface area contributed by atoms with E-state index in [2.05, 4.69) is 16.7 Å². The van der Waals surface area contributed by atoms with E-state index in [9.17, 15) is 9.59 Å². The monoisotopic (exact) mass is 296 g/mol. The summed E-state index contributed by atoms with van der Waals surface area (Å²) in [4.78, 5) is 28.4. The molecule has 0 aliphatic carbocycles. The Labute approximate surface area is 127 Å². The van der Waals surface area contributed by atoms with Gasteiger partial charge in [0, 0.05) is 19.1 Å². The summed E-state index contributed by atoms with van der Waals surface area (Å²) in [6, 6.07) is 0.410. The zero-order valence-electron chi connectivity index (χ0n) is 13.3. The third-order valence-corrected chi connectivity index (χ3v) is 4.82. The largest absolute Gasteiger partial charge is 0.469 e. The molecule has 2 heterocycles. The first kappa shape index (κ1) is 16.3. The van der Waals surface area contributed by atoms with E-state index in [0.29, 0.717) is 19.1 Å². The summed E-state index contributed by atoms with van der Waals surface area (Å²) in [5, 5.41) is 0. The maximum atomic E-state index is 12.5. The maximum Gasteiger partial charge on any atom is 0.309 e. The van der Waals surface area contributed by atoms with Crippen molar-refractivity contribution in [3.8, 4) is 0 Å². The van der Waals surface area contributed by atoms with Crippen LogP contribution < -0.4 is 0 Å². The van der Waals surface area contributed by atoms with E-state index in [-0.39, 0.29) is 17.8 Å². The molecule has 1 amide bonds. The Morgan fingerprint density at radius 3 is 2.67 bits per heavy atom. The van der Waals surface area contributed by atoms with Crippen LogP contribution in [0.1, 0.15) is 45.4 Å². The van der Waals surface area contributed by atoms with Gasteiger partial charge in [-0.05, 0) is 45.1 Å². The zero-order chi connectivity index (χ0) is 15.2. The fourth-order valence-corrected chi connectivity index (χ4v) is 3.59. The molecule has 0 saturated carbocycles. The normalized spacial score (nSPS) is 27.4. The molecular formula is C16H28N2O3. The van der Waals surface area contributed by atoms with Crippen molar-refractivity contribution in [1.29, 1.82) is 0 Å². The number of carbonyl (C=O) groups is 2. The third-order valence-electron chi connectivity index (χ3n) is 4.82. The van der Waals surface area contributed by atoms with E-state index in [1.54, 1.807) is 0 Å². The molecule has 2 aliphatic rings. The van der Waals surface area contributed by atoms with Crippen molar-refractivity contribution in [1.82, 2.24) is 9.80 Å².